The zero-order valence-electron chi connectivity index (χ0n) is 12.0. The molecule has 0 amide bonds. The summed E-state index contributed by atoms with van der Waals surface area (Å²) < 4.78 is 0. The van der Waals surface area contributed by atoms with Crippen LogP contribution in [0.3, 0.4) is 0 Å². The van der Waals surface area contributed by atoms with E-state index in [1.165, 1.54) is 19.4 Å². The fourth-order valence-corrected chi connectivity index (χ4v) is 2.83. The lowest BCUT2D eigenvalue weighted by molar-refractivity contribution is -0.119. The Morgan fingerprint density at radius 3 is 3.00 bits per heavy atom. The van der Waals surface area contributed by atoms with E-state index in [1.807, 2.05) is 18.2 Å². The summed E-state index contributed by atoms with van der Waals surface area (Å²) >= 11 is 0. The molecule has 1 aliphatic heterocycles. The highest BCUT2D eigenvalue weighted by Crippen LogP contribution is 2.21. The molecule has 0 radical (unpaired) electrons. The van der Waals surface area contributed by atoms with Crippen LogP contribution in [0.4, 0.5) is 0 Å². The number of Topliss-reactive ketones (excluding diaryl/α,β-unsaturated/α-hetero) is 1. The summed E-state index contributed by atoms with van der Waals surface area (Å²) in [5, 5.41) is 0. The summed E-state index contributed by atoms with van der Waals surface area (Å²) in [7, 11) is 0. The number of piperidine rings is 1. The molecule has 19 heavy (non-hydrogen) atoms. The molecule has 3 heteroatoms. The molecule has 2 heterocycles. The van der Waals surface area contributed by atoms with Gasteiger partial charge in [0.25, 0.3) is 0 Å². The Hall–Kier alpha value is -1.22. The maximum atomic E-state index is 12.1. The molecule has 2 rings (SSSR count). The highest BCUT2D eigenvalue weighted by molar-refractivity contribution is 5.80. The lowest BCUT2D eigenvalue weighted by Gasteiger charge is -2.35. The summed E-state index contributed by atoms with van der Waals surface area (Å²) in [5.74, 6) is 0.863. The Morgan fingerprint density at radius 2 is 2.32 bits per heavy atom. The summed E-state index contributed by atoms with van der Waals surface area (Å²) in [6.45, 7) is 6.73. The van der Waals surface area contributed by atoms with Crippen molar-refractivity contribution in [1.82, 2.24) is 9.88 Å². The zero-order valence-corrected chi connectivity index (χ0v) is 12.0. The minimum atomic E-state index is 0.328. The number of hydrogen-bond donors (Lipinski definition) is 0. The molecule has 0 unspecified atom stereocenters. The molecule has 3 nitrogen and oxygen atoms in total. The zero-order chi connectivity index (χ0) is 13.7. The quantitative estimate of drug-likeness (QED) is 0.816. The Balaban J connectivity index is 1.82. The molecule has 1 aromatic rings. The van der Waals surface area contributed by atoms with Crippen LogP contribution in [0.15, 0.2) is 24.4 Å². The Bertz CT molecular complexity index is 402. The van der Waals surface area contributed by atoms with Gasteiger partial charge in [-0.15, -0.1) is 0 Å². The SMILES string of the molecule is CC(C)N1CCC[C@@H](CC(=O)Cc2ccccn2)C1. The van der Waals surface area contributed by atoms with Crippen LogP contribution < -0.4 is 0 Å². The number of ketones is 1. The third kappa shape index (κ3) is 4.43. The second-order valence-corrected chi connectivity index (χ2v) is 5.84. The number of likely N-dealkylation sites (tertiary alicyclic amines) is 1. The number of rotatable bonds is 5. The molecule has 0 bridgehead atoms. The van der Waals surface area contributed by atoms with Crippen LogP contribution in [-0.4, -0.2) is 34.8 Å². The topological polar surface area (TPSA) is 33.2 Å². The smallest absolute Gasteiger partial charge is 0.139 e. The van der Waals surface area contributed by atoms with Gasteiger partial charge in [-0.3, -0.25) is 9.78 Å². The predicted molar refractivity (Wildman–Crippen MR) is 77.0 cm³/mol. The maximum Gasteiger partial charge on any atom is 0.139 e. The van der Waals surface area contributed by atoms with E-state index in [2.05, 4.69) is 23.7 Å². The lowest BCUT2D eigenvalue weighted by atomic mass is 9.91. The minimum Gasteiger partial charge on any atom is -0.301 e. The van der Waals surface area contributed by atoms with Crippen LogP contribution in [0.5, 0.6) is 0 Å². The van der Waals surface area contributed by atoms with Crippen molar-refractivity contribution in [2.24, 2.45) is 5.92 Å². The van der Waals surface area contributed by atoms with Crippen molar-refractivity contribution in [3.63, 3.8) is 0 Å². The van der Waals surface area contributed by atoms with Gasteiger partial charge in [-0.05, 0) is 51.3 Å². The number of aromatic nitrogens is 1. The normalized spacial score (nSPS) is 20.7. The molecule has 1 aromatic heterocycles. The predicted octanol–water partition coefficient (Wildman–Crippen LogP) is 2.70. The molecule has 0 saturated carbocycles. The third-order valence-corrected chi connectivity index (χ3v) is 3.90. The van der Waals surface area contributed by atoms with Crippen LogP contribution >= 0.6 is 0 Å². The van der Waals surface area contributed by atoms with Crippen LogP contribution in [0.25, 0.3) is 0 Å². The third-order valence-electron chi connectivity index (χ3n) is 3.90. The van der Waals surface area contributed by atoms with E-state index < -0.39 is 0 Å². The molecule has 0 aliphatic carbocycles. The first-order chi connectivity index (χ1) is 9.15. The molecule has 0 aromatic carbocycles. The Labute approximate surface area is 116 Å². The van der Waals surface area contributed by atoms with Gasteiger partial charge in [0.05, 0.1) is 0 Å². The first kappa shape index (κ1) is 14.2. The van der Waals surface area contributed by atoms with Gasteiger partial charge in [-0.2, -0.15) is 0 Å². The van der Waals surface area contributed by atoms with Gasteiger partial charge >= 0.3 is 0 Å². The van der Waals surface area contributed by atoms with Gasteiger partial charge < -0.3 is 4.90 Å². The average Bonchev–Trinajstić information content (AvgIpc) is 2.40. The van der Waals surface area contributed by atoms with Gasteiger partial charge in [0.2, 0.25) is 0 Å². The van der Waals surface area contributed by atoms with Crippen molar-refractivity contribution in [1.29, 1.82) is 0 Å². The van der Waals surface area contributed by atoms with Crippen molar-refractivity contribution >= 4 is 5.78 Å². The number of pyridine rings is 1. The fraction of sp³-hybridized carbons (Fsp3) is 0.625. The van der Waals surface area contributed by atoms with Crippen molar-refractivity contribution < 1.29 is 4.79 Å². The van der Waals surface area contributed by atoms with Crippen molar-refractivity contribution in [3.05, 3.63) is 30.1 Å². The average molecular weight is 260 g/mol. The van der Waals surface area contributed by atoms with Crippen LogP contribution in [0.1, 0.15) is 38.8 Å². The molecular formula is C16H24N2O. The standard InChI is InChI=1S/C16H24N2O/c1-13(2)18-9-5-6-14(12-18)10-16(19)11-15-7-3-4-8-17-15/h3-4,7-8,13-14H,5-6,9-12H2,1-2H3/t14-/m0/s1. The monoisotopic (exact) mass is 260 g/mol. The number of carbonyl (C=O) groups is 1. The summed E-state index contributed by atoms with van der Waals surface area (Å²) in [4.78, 5) is 18.8. The summed E-state index contributed by atoms with van der Waals surface area (Å²) in [5.41, 5.74) is 0.893. The van der Waals surface area contributed by atoms with Gasteiger partial charge in [-0.25, -0.2) is 0 Å². The number of hydrogen-bond acceptors (Lipinski definition) is 3. The van der Waals surface area contributed by atoms with E-state index in [9.17, 15) is 4.79 Å². The van der Waals surface area contributed by atoms with Gasteiger partial charge in [0, 0.05) is 37.3 Å². The Morgan fingerprint density at radius 1 is 1.47 bits per heavy atom. The molecule has 1 atom stereocenters. The molecule has 0 spiro atoms. The lowest BCUT2D eigenvalue weighted by Crippen LogP contribution is -2.40. The van der Waals surface area contributed by atoms with Gasteiger partial charge in [-0.1, -0.05) is 6.07 Å². The number of carbonyl (C=O) groups excluding carboxylic acids is 1. The first-order valence-corrected chi connectivity index (χ1v) is 7.31. The maximum absolute atomic E-state index is 12.1. The largest absolute Gasteiger partial charge is 0.301 e. The van der Waals surface area contributed by atoms with E-state index in [1.54, 1.807) is 6.20 Å². The van der Waals surface area contributed by atoms with Crippen LogP contribution in [0.2, 0.25) is 0 Å². The van der Waals surface area contributed by atoms with E-state index >= 15 is 0 Å². The molecule has 1 aliphatic rings. The van der Waals surface area contributed by atoms with Crippen molar-refractivity contribution in [3.8, 4) is 0 Å². The van der Waals surface area contributed by atoms with Crippen molar-refractivity contribution in [2.75, 3.05) is 13.1 Å². The van der Waals surface area contributed by atoms with Crippen LogP contribution in [0, 0.1) is 5.92 Å². The summed E-state index contributed by atoms with van der Waals surface area (Å²) in [6.07, 6.45) is 5.36. The molecule has 0 N–H and O–H groups in total. The summed E-state index contributed by atoms with van der Waals surface area (Å²) in [6, 6.07) is 6.35. The van der Waals surface area contributed by atoms with E-state index in [-0.39, 0.29) is 0 Å². The first-order valence-electron chi connectivity index (χ1n) is 7.31. The second-order valence-electron chi connectivity index (χ2n) is 5.84. The molecular weight excluding hydrogens is 236 g/mol. The highest BCUT2D eigenvalue weighted by Gasteiger charge is 2.23. The van der Waals surface area contributed by atoms with E-state index in [0.717, 1.165) is 12.2 Å². The minimum absolute atomic E-state index is 0.328. The van der Waals surface area contributed by atoms with Gasteiger partial charge in [0.15, 0.2) is 0 Å². The highest BCUT2D eigenvalue weighted by atomic mass is 16.1. The van der Waals surface area contributed by atoms with E-state index in [0.29, 0.717) is 30.6 Å². The van der Waals surface area contributed by atoms with E-state index in [4.69, 9.17) is 0 Å². The number of nitrogens with zero attached hydrogens (tertiary/aromatic N) is 2. The molecule has 1 saturated heterocycles. The van der Waals surface area contributed by atoms with Crippen LogP contribution in [-0.2, 0) is 11.2 Å². The van der Waals surface area contributed by atoms with Crippen molar-refractivity contribution in [2.45, 2.75) is 45.6 Å². The molecule has 1 fully saturated rings. The van der Waals surface area contributed by atoms with Gasteiger partial charge in [0.1, 0.15) is 5.78 Å². The molecule has 104 valence electrons. The fourth-order valence-electron chi connectivity index (χ4n) is 2.83. The second kappa shape index (κ2) is 6.80. The Kier molecular flexibility index (Phi) is 5.08.